The lowest BCUT2D eigenvalue weighted by Gasteiger charge is -2.33. The molecular formula is C25H33FN2O2S. The van der Waals surface area contributed by atoms with Crippen molar-refractivity contribution in [2.24, 2.45) is 0 Å². The van der Waals surface area contributed by atoms with E-state index in [2.05, 4.69) is 5.32 Å². The zero-order valence-electron chi connectivity index (χ0n) is 18.9. The Bertz CT molecular complexity index is 835. The molecule has 2 amide bonds. The SMILES string of the molecule is CC[C@@H](C(=O)NC(C)(C)C)N(CCc1ccccc1)C(=O)CSCc1ccc(F)cc1. The second-order valence-electron chi connectivity index (χ2n) is 8.61. The maximum atomic E-state index is 13.1. The van der Waals surface area contributed by atoms with Crippen molar-refractivity contribution in [1.82, 2.24) is 10.2 Å². The predicted octanol–water partition coefficient (Wildman–Crippen LogP) is 4.82. The van der Waals surface area contributed by atoms with Gasteiger partial charge in [0.15, 0.2) is 0 Å². The van der Waals surface area contributed by atoms with Crippen LogP contribution < -0.4 is 5.32 Å². The van der Waals surface area contributed by atoms with Gasteiger partial charge in [-0.15, -0.1) is 11.8 Å². The van der Waals surface area contributed by atoms with Gasteiger partial charge in [0, 0.05) is 17.8 Å². The third-order valence-electron chi connectivity index (χ3n) is 4.78. The minimum Gasteiger partial charge on any atom is -0.350 e. The highest BCUT2D eigenvalue weighted by atomic mass is 32.2. The van der Waals surface area contributed by atoms with Crippen LogP contribution in [0, 0.1) is 5.82 Å². The number of hydrogen-bond donors (Lipinski definition) is 1. The number of carbonyl (C=O) groups excluding carboxylic acids is 2. The normalized spacial score (nSPS) is 12.3. The van der Waals surface area contributed by atoms with Gasteiger partial charge in [0.05, 0.1) is 5.75 Å². The third kappa shape index (κ3) is 8.74. The molecule has 0 aliphatic carbocycles. The summed E-state index contributed by atoms with van der Waals surface area (Å²) in [5.74, 6) is 0.432. The van der Waals surface area contributed by atoms with Crippen molar-refractivity contribution in [3.8, 4) is 0 Å². The van der Waals surface area contributed by atoms with Crippen LogP contribution in [0.5, 0.6) is 0 Å². The number of thioether (sulfide) groups is 1. The fraction of sp³-hybridized carbons (Fsp3) is 0.440. The van der Waals surface area contributed by atoms with Crippen molar-refractivity contribution in [3.05, 3.63) is 71.5 Å². The van der Waals surface area contributed by atoms with Crippen molar-refractivity contribution in [1.29, 1.82) is 0 Å². The molecule has 0 saturated heterocycles. The summed E-state index contributed by atoms with van der Waals surface area (Å²) < 4.78 is 13.1. The van der Waals surface area contributed by atoms with Crippen molar-refractivity contribution >= 4 is 23.6 Å². The Balaban J connectivity index is 2.07. The number of rotatable bonds is 10. The average Bonchev–Trinajstić information content (AvgIpc) is 2.71. The van der Waals surface area contributed by atoms with Crippen LogP contribution in [0.2, 0.25) is 0 Å². The van der Waals surface area contributed by atoms with Gasteiger partial charge in [-0.2, -0.15) is 0 Å². The highest BCUT2D eigenvalue weighted by molar-refractivity contribution is 7.99. The fourth-order valence-electron chi connectivity index (χ4n) is 3.27. The molecule has 0 saturated carbocycles. The van der Waals surface area contributed by atoms with E-state index in [1.54, 1.807) is 17.0 Å². The van der Waals surface area contributed by atoms with Crippen molar-refractivity contribution in [2.75, 3.05) is 12.3 Å². The molecule has 0 aliphatic rings. The number of halogens is 1. The summed E-state index contributed by atoms with van der Waals surface area (Å²) in [7, 11) is 0. The van der Waals surface area contributed by atoms with Crippen LogP contribution in [-0.4, -0.2) is 40.6 Å². The van der Waals surface area contributed by atoms with E-state index in [9.17, 15) is 14.0 Å². The average molecular weight is 445 g/mol. The number of hydrogen-bond acceptors (Lipinski definition) is 3. The molecule has 6 heteroatoms. The lowest BCUT2D eigenvalue weighted by molar-refractivity contribution is -0.139. The Morgan fingerprint density at radius 1 is 1.03 bits per heavy atom. The largest absolute Gasteiger partial charge is 0.350 e. The predicted molar refractivity (Wildman–Crippen MR) is 126 cm³/mol. The summed E-state index contributed by atoms with van der Waals surface area (Å²) >= 11 is 1.48. The first-order valence-electron chi connectivity index (χ1n) is 10.7. The third-order valence-corrected chi connectivity index (χ3v) is 5.76. The van der Waals surface area contributed by atoms with E-state index in [4.69, 9.17) is 0 Å². The Morgan fingerprint density at radius 2 is 1.68 bits per heavy atom. The number of amides is 2. The smallest absolute Gasteiger partial charge is 0.243 e. The van der Waals surface area contributed by atoms with Gasteiger partial charge in [0.2, 0.25) is 11.8 Å². The monoisotopic (exact) mass is 444 g/mol. The molecule has 0 bridgehead atoms. The van der Waals surface area contributed by atoms with E-state index in [0.29, 0.717) is 25.1 Å². The summed E-state index contributed by atoms with van der Waals surface area (Å²) in [6.07, 6.45) is 1.24. The molecule has 4 nitrogen and oxygen atoms in total. The van der Waals surface area contributed by atoms with Crippen LogP contribution in [0.4, 0.5) is 4.39 Å². The second-order valence-corrected chi connectivity index (χ2v) is 9.59. The zero-order valence-corrected chi connectivity index (χ0v) is 19.7. The van der Waals surface area contributed by atoms with Crippen LogP contribution in [0.25, 0.3) is 0 Å². The summed E-state index contributed by atoms with van der Waals surface area (Å²) in [4.78, 5) is 27.8. The molecule has 0 aliphatic heterocycles. The summed E-state index contributed by atoms with van der Waals surface area (Å²) in [6, 6.07) is 15.8. The molecule has 2 aromatic rings. The molecule has 1 atom stereocenters. The molecule has 0 fully saturated rings. The summed E-state index contributed by atoms with van der Waals surface area (Å²) in [6.45, 7) is 8.22. The molecule has 0 radical (unpaired) electrons. The molecule has 2 rings (SSSR count). The lowest BCUT2D eigenvalue weighted by Crippen LogP contribution is -2.54. The van der Waals surface area contributed by atoms with Gasteiger partial charge in [0.25, 0.3) is 0 Å². The van der Waals surface area contributed by atoms with E-state index in [0.717, 1.165) is 11.1 Å². The number of nitrogens with one attached hydrogen (secondary N) is 1. The van der Waals surface area contributed by atoms with E-state index in [1.807, 2.05) is 58.0 Å². The molecule has 168 valence electrons. The van der Waals surface area contributed by atoms with Gasteiger partial charge in [0.1, 0.15) is 11.9 Å². The van der Waals surface area contributed by atoms with E-state index in [1.165, 1.54) is 23.9 Å². The summed E-state index contributed by atoms with van der Waals surface area (Å²) in [5, 5.41) is 3.02. The first-order chi connectivity index (χ1) is 14.7. The fourth-order valence-corrected chi connectivity index (χ4v) is 4.14. The second kappa shape index (κ2) is 11.9. The van der Waals surface area contributed by atoms with Crippen LogP contribution in [0.1, 0.15) is 45.2 Å². The lowest BCUT2D eigenvalue weighted by atomic mass is 10.1. The molecule has 31 heavy (non-hydrogen) atoms. The molecule has 0 spiro atoms. The van der Waals surface area contributed by atoms with Crippen LogP contribution in [0.3, 0.4) is 0 Å². The van der Waals surface area contributed by atoms with E-state index in [-0.39, 0.29) is 28.9 Å². The first-order valence-corrected chi connectivity index (χ1v) is 11.8. The maximum absolute atomic E-state index is 13.1. The van der Waals surface area contributed by atoms with Gasteiger partial charge in [-0.1, -0.05) is 49.4 Å². The van der Waals surface area contributed by atoms with Crippen molar-refractivity contribution in [3.63, 3.8) is 0 Å². The molecule has 0 aromatic heterocycles. The van der Waals surface area contributed by atoms with Gasteiger partial charge in [-0.3, -0.25) is 9.59 Å². The van der Waals surface area contributed by atoms with Crippen LogP contribution in [-0.2, 0) is 21.8 Å². The van der Waals surface area contributed by atoms with Crippen molar-refractivity contribution in [2.45, 2.75) is 57.9 Å². The number of benzene rings is 2. The highest BCUT2D eigenvalue weighted by Crippen LogP contribution is 2.17. The number of carbonyl (C=O) groups is 2. The van der Waals surface area contributed by atoms with E-state index >= 15 is 0 Å². The van der Waals surface area contributed by atoms with Gasteiger partial charge in [-0.05, 0) is 56.9 Å². The zero-order chi connectivity index (χ0) is 22.9. The molecule has 0 unspecified atom stereocenters. The minimum absolute atomic E-state index is 0.0565. The molecule has 0 heterocycles. The molecule has 1 N–H and O–H groups in total. The van der Waals surface area contributed by atoms with E-state index < -0.39 is 6.04 Å². The van der Waals surface area contributed by atoms with Crippen LogP contribution in [0.15, 0.2) is 54.6 Å². The first kappa shape index (κ1) is 24.9. The molecular weight excluding hydrogens is 411 g/mol. The van der Waals surface area contributed by atoms with Gasteiger partial charge < -0.3 is 10.2 Å². The highest BCUT2D eigenvalue weighted by Gasteiger charge is 2.30. The Hall–Kier alpha value is -2.34. The standard InChI is InChI=1S/C25H33FN2O2S/c1-5-22(24(30)27-25(2,3)4)28(16-15-19-9-7-6-8-10-19)23(29)18-31-17-20-11-13-21(26)14-12-20/h6-14,22H,5,15-18H2,1-4H3,(H,27,30)/t22-/m0/s1. The Morgan fingerprint density at radius 3 is 2.26 bits per heavy atom. The minimum atomic E-state index is -0.512. The van der Waals surface area contributed by atoms with Crippen molar-refractivity contribution < 1.29 is 14.0 Å². The van der Waals surface area contributed by atoms with Crippen LogP contribution >= 0.6 is 11.8 Å². The van der Waals surface area contributed by atoms with Gasteiger partial charge in [-0.25, -0.2) is 4.39 Å². The molecule has 2 aromatic carbocycles. The quantitative estimate of drug-likeness (QED) is 0.571. The maximum Gasteiger partial charge on any atom is 0.243 e. The Kier molecular flexibility index (Phi) is 9.56. The van der Waals surface area contributed by atoms with Gasteiger partial charge >= 0.3 is 0 Å². The summed E-state index contributed by atoms with van der Waals surface area (Å²) in [5.41, 5.74) is 1.73. The topological polar surface area (TPSA) is 49.4 Å². The Labute approximate surface area is 189 Å². The number of nitrogens with zero attached hydrogens (tertiary/aromatic N) is 1.